The summed E-state index contributed by atoms with van der Waals surface area (Å²) in [6.07, 6.45) is 0. The summed E-state index contributed by atoms with van der Waals surface area (Å²) in [5.74, 6) is 0.0461. The molecule has 0 saturated heterocycles. The van der Waals surface area contributed by atoms with Gasteiger partial charge in [-0.1, -0.05) is 15.9 Å². The third-order valence-electron chi connectivity index (χ3n) is 3.04. The zero-order chi connectivity index (χ0) is 13.6. The molecule has 1 heterocycles. The largest absolute Gasteiger partial charge is 0.369 e. The molecule has 0 spiro atoms. The van der Waals surface area contributed by atoms with Crippen molar-refractivity contribution in [3.63, 3.8) is 0 Å². The number of aromatic nitrogens is 2. The summed E-state index contributed by atoms with van der Waals surface area (Å²) in [4.78, 5) is 4.25. The molecule has 0 amide bonds. The second-order valence-corrected chi connectivity index (χ2v) is 5.23. The van der Waals surface area contributed by atoms with Gasteiger partial charge in [0.15, 0.2) is 0 Å². The molecule has 5 heteroatoms. The molecule has 2 aromatic carbocycles. The van der Waals surface area contributed by atoms with Gasteiger partial charge in [0, 0.05) is 16.2 Å². The Morgan fingerprint density at radius 1 is 1.21 bits per heavy atom. The van der Waals surface area contributed by atoms with Gasteiger partial charge >= 0.3 is 0 Å². The van der Waals surface area contributed by atoms with Crippen molar-refractivity contribution in [3.05, 3.63) is 52.3 Å². The van der Waals surface area contributed by atoms with Crippen LogP contribution in [0.4, 0.5) is 10.3 Å². The summed E-state index contributed by atoms with van der Waals surface area (Å²) in [6.45, 7) is 1.99. The minimum Gasteiger partial charge on any atom is -0.369 e. The van der Waals surface area contributed by atoms with Gasteiger partial charge in [-0.3, -0.25) is 4.57 Å². The van der Waals surface area contributed by atoms with E-state index in [9.17, 15) is 4.39 Å². The minimum atomic E-state index is -0.303. The SMILES string of the molecule is Cc1cc(-n2c(N)nc3ccc(F)cc32)ccc1Br. The van der Waals surface area contributed by atoms with Crippen LogP contribution < -0.4 is 5.73 Å². The molecular weight excluding hydrogens is 309 g/mol. The van der Waals surface area contributed by atoms with Crippen LogP contribution in [0.15, 0.2) is 40.9 Å². The van der Waals surface area contributed by atoms with Crippen molar-refractivity contribution in [2.24, 2.45) is 0 Å². The van der Waals surface area contributed by atoms with E-state index >= 15 is 0 Å². The van der Waals surface area contributed by atoms with Crippen molar-refractivity contribution < 1.29 is 4.39 Å². The van der Waals surface area contributed by atoms with Gasteiger partial charge in [-0.25, -0.2) is 9.37 Å². The van der Waals surface area contributed by atoms with E-state index < -0.39 is 0 Å². The van der Waals surface area contributed by atoms with Crippen molar-refractivity contribution in [2.45, 2.75) is 6.92 Å². The second kappa shape index (κ2) is 4.35. The highest BCUT2D eigenvalue weighted by molar-refractivity contribution is 9.10. The number of hydrogen-bond acceptors (Lipinski definition) is 2. The van der Waals surface area contributed by atoms with E-state index in [4.69, 9.17) is 5.73 Å². The Morgan fingerprint density at radius 3 is 2.74 bits per heavy atom. The lowest BCUT2D eigenvalue weighted by atomic mass is 10.2. The Morgan fingerprint density at radius 2 is 2.00 bits per heavy atom. The van der Waals surface area contributed by atoms with E-state index in [0.717, 1.165) is 15.7 Å². The lowest BCUT2D eigenvalue weighted by molar-refractivity contribution is 0.629. The topological polar surface area (TPSA) is 43.8 Å². The Labute approximate surface area is 118 Å². The zero-order valence-electron chi connectivity index (χ0n) is 10.2. The highest BCUT2D eigenvalue weighted by Crippen LogP contribution is 2.26. The molecule has 96 valence electrons. The third-order valence-corrected chi connectivity index (χ3v) is 3.93. The van der Waals surface area contributed by atoms with Crippen LogP contribution in [0.5, 0.6) is 0 Å². The van der Waals surface area contributed by atoms with Gasteiger partial charge in [0.05, 0.1) is 11.0 Å². The Kier molecular flexibility index (Phi) is 2.78. The predicted molar refractivity (Wildman–Crippen MR) is 77.9 cm³/mol. The molecule has 2 N–H and O–H groups in total. The summed E-state index contributed by atoms with van der Waals surface area (Å²) in [7, 11) is 0. The number of imidazole rings is 1. The zero-order valence-corrected chi connectivity index (χ0v) is 11.8. The molecule has 19 heavy (non-hydrogen) atoms. The van der Waals surface area contributed by atoms with Crippen molar-refractivity contribution in [1.82, 2.24) is 9.55 Å². The maximum atomic E-state index is 13.4. The molecule has 3 aromatic rings. The summed E-state index contributed by atoms with van der Waals surface area (Å²) < 4.78 is 16.2. The maximum Gasteiger partial charge on any atom is 0.205 e. The van der Waals surface area contributed by atoms with Gasteiger partial charge in [-0.05, 0) is 42.8 Å². The molecule has 3 nitrogen and oxygen atoms in total. The molecule has 0 aliphatic heterocycles. The van der Waals surface area contributed by atoms with Crippen LogP contribution in [-0.4, -0.2) is 9.55 Å². The highest BCUT2D eigenvalue weighted by atomic mass is 79.9. The van der Waals surface area contributed by atoms with Gasteiger partial charge in [-0.2, -0.15) is 0 Å². The number of hydrogen-bond donors (Lipinski definition) is 1. The molecule has 3 rings (SSSR count). The molecule has 0 aliphatic rings. The fourth-order valence-corrected chi connectivity index (χ4v) is 2.35. The van der Waals surface area contributed by atoms with E-state index in [1.54, 1.807) is 10.6 Å². The van der Waals surface area contributed by atoms with Crippen LogP contribution in [0, 0.1) is 12.7 Å². The van der Waals surface area contributed by atoms with E-state index in [2.05, 4.69) is 20.9 Å². The quantitative estimate of drug-likeness (QED) is 0.741. The molecule has 0 atom stereocenters. The second-order valence-electron chi connectivity index (χ2n) is 4.37. The lowest BCUT2D eigenvalue weighted by Gasteiger charge is -2.08. The number of aryl methyl sites for hydroxylation is 1. The van der Waals surface area contributed by atoms with Gasteiger partial charge in [-0.15, -0.1) is 0 Å². The average Bonchev–Trinajstić information content (AvgIpc) is 2.68. The van der Waals surface area contributed by atoms with Crippen molar-refractivity contribution >= 4 is 32.9 Å². The van der Waals surface area contributed by atoms with Crippen molar-refractivity contribution in [3.8, 4) is 5.69 Å². The molecular formula is C14H11BrFN3. The van der Waals surface area contributed by atoms with Gasteiger partial charge in [0.25, 0.3) is 0 Å². The minimum absolute atomic E-state index is 0.303. The Hall–Kier alpha value is -1.88. The third kappa shape index (κ3) is 2.00. The molecule has 0 unspecified atom stereocenters. The number of nitrogens with two attached hydrogens (primary N) is 1. The van der Waals surface area contributed by atoms with Crippen LogP contribution in [0.1, 0.15) is 5.56 Å². The molecule has 0 aliphatic carbocycles. The first kappa shape index (κ1) is 12.2. The normalized spacial score (nSPS) is 11.1. The van der Waals surface area contributed by atoms with E-state index in [1.165, 1.54) is 12.1 Å². The number of nitrogen functional groups attached to an aromatic ring is 1. The fourth-order valence-electron chi connectivity index (χ4n) is 2.11. The van der Waals surface area contributed by atoms with Gasteiger partial charge in [0.1, 0.15) is 5.82 Å². The number of nitrogens with zero attached hydrogens (tertiary/aromatic N) is 2. The molecule has 0 fully saturated rings. The summed E-state index contributed by atoms with van der Waals surface area (Å²) >= 11 is 3.46. The summed E-state index contributed by atoms with van der Waals surface area (Å²) in [6, 6.07) is 10.3. The number of fused-ring (bicyclic) bond motifs is 1. The van der Waals surface area contributed by atoms with E-state index in [1.807, 2.05) is 25.1 Å². The summed E-state index contributed by atoms with van der Waals surface area (Å²) in [5, 5.41) is 0. The monoisotopic (exact) mass is 319 g/mol. The summed E-state index contributed by atoms with van der Waals surface area (Å²) in [5.41, 5.74) is 9.23. The smallest absolute Gasteiger partial charge is 0.205 e. The molecule has 0 saturated carbocycles. The first-order chi connectivity index (χ1) is 9.06. The first-order valence-corrected chi connectivity index (χ1v) is 6.55. The van der Waals surface area contributed by atoms with Crippen LogP contribution in [0.25, 0.3) is 16.7 Å². The number of anilines is 1. The highest BCUT2D eigenvalue weighted by Gasteiger charge is 2.11. The number of rotatable bonds is 1. The van der Waals surface area contributed by atoms with E-state index in [-0.39, 0.29) is 5.82 Å². The Balaban J connectivity index is 2.31. The van der Waals surface area contributed by atoms with Crippen molar-refractivity contribution in [2.75, 3.05) is 5.73 Å². The Bertz CT molecular complexity index is 780. The maximum absolute atomic E-state index is 13.4. The first-order valence-electron chi connectivity index (χ1n) is 5.76. The van der Waals surface area contributed by atoms with E-state index in [0.29, 0.717) is 17.0 Å². The molecule has 1 aromatic heterocycles. The number of halogens is 2. The van der Waals surface area contributed by atoms with Gasteiger partial charge in [0.2, 0.25) is 5.95 Å². The average molecular weight is 320 g/mol. The lowest BCUT2D eigenvalue weighted by Crippen LogP contribution is -2.01. The predicted octanol–water partition coefficient (Wildman–Crippen LogP) is 3.82. The standard InChI is InChI=1S/C14H11BrFN3/c1-8-6-10(3-4-11(8)15)19-13-7-9(16)2-5-12(13)18-14(19)17/h2-7H,1H3,(H2,17,18). The van der Waals surface area contributed by atoms with Crippen molar-refractivity contribution in [1.29, 1.82) is 0 Å². The fraction of sp³-hybridized carbons (Fsp3) is 0.0714. The van der Waals surface area contributed by atoms with Gasteiger partial charge < -0.3 is 5.73 Å². The number of benzene rings is 2. The molecule has 0 bridgehead atoms. The molecule has 0 radical (unpaired) electrons. The van der Waals surface area contributed by atoms with Crippen LogP contribution in [0.3, 0.4) is 0 Å². The van der Waals surface area contributed by atoms with Crippen LogP contribution >= 0.6 is 15.9 Å². The van der Waals surface area contributed by atoms with Crippen LogP contribution in [-0.2, 0) is 0 Å². The van der Waals surface area contributed by atoms with Crippen LogP contribution in [0.2, 0.25) is 0 Å².